The van der Waals surface area contributed by atoms with Crippen LogP contribution < -0.4 is 10.6 Å². The number of nitrogens with one attached hydrogen (secondary N) is 2. The Hall–Kier alpha value is -1.65. The first-order chi connectivity index (χ1) is 5.83. The average Bonchev–Trinajstić information content (AvgIpc) is 2.06. The molecule has 0 radical (unpaired) electrons. The predicted octanol–water partition coefficient (Wildman–Crippen LogP) is 0.618. The molecule has 64 valence electrons. The molecule has 12 heavy (non-hydrogen) atoms. The van der Waals surface area contributed by atoms with E-state index in [0.29, 0.717) is 12.4 Å². The van der Waals surface area contributed by atoms with E-state index in [1.165, 1.54) is 12.4 Å². The van der Waals surface area contributed by atoms with E-state index in [9.17, 15) is 4.79 Å². The summed E-state index contributed by atoms with van der Waals surface area (Å²) >= 11 is 0. The molecule has 1 aromatic heterocycles. The zero-order valence-corrected chi connectivity index (χ0v) is 6.74. The molecule has 0 bridgehead atoms. The Morgan fingerprint density at radius 3 is 3.00 bits per heavy atom. The summed E-state index contributed by atoms with van der Waals surface area (Å²) in [5, 5.41) is 5.10. The largest absolute Gasteiger partial charge is 0.338 e. The molecule has 0 saturated carbocycles. The molecule has 0 unspecified atom stereocenters. The standard InChI is InChI=1S/C7H10N4O/c1-2-9-7(12)11-6-5-8-3-4-10-6/h3-5H,2H2,1H3,(H2,9,10,11,12). The first-order valence-electron chi connectivity index (χ1n) is 3.63. The number of amides is 2. The lowest BCUT2D eigenvalue weighted by Gasteiger charge is -2.02. The highest BCUT2D eigenvalue weighted by molar-refractivity contribution is 5.87. The van der Waals surface area contributed by atoms with Gasteiger partial charge < -0.3 is 5.32 Å². The number of hydrogen-bond acceptors (Lipinski definition) is 3. The fraction of sp³-hybridized carbons (Fsp3) is 0.286. The summed E-state index contributed by atoms with van der Waals surface area (Å²) in [6.07, 6.45) is 4.54. The number of rotatable bonds is 2. The Bertz CT molecular complexity index is 249. The average molecular weight is 166 g/mol. The van der Waals surface area contributed by atoms with Crippen LogP contribution in [0, 0.1) is 0 Å². The quantitative estimate of drug-likeness (QED) is 0.676. The topological polar surface area (TPSA) is 66.9 Å². The molecule has 0 fully saturated rings. The van der Waals surface area contributed by atoms with Gasteiger partial charge in [0.05, 0.1) is 6.20 Å². The van der Waals surface area contributed by atoms with Gasteiger partial charge in [-0.25, -0.2) is 9.78 Å². The number of anilines is 1. The molecule has 0 aliphatic heterocycles. The Kier molecular flexibility index (Phi) is 3.01. The number of nitrogens with zero attached hydrogens (tertiary/aromatic N) is 2. The van der Waals surface area contributed by atoms with E-state index in [1.54, 1.807) is 6.20 Å². The maximum atomic E-state index is 10.9. The van der Waals surface area contributed by atoms with E-state index in [0.717, 1.165) is 0 Å². The van der Waals surface area contributed by atoms with Gasteiger partial charge >= 0.3 is 6.03 Å². The summed E-state index contributed by atoms with van der Waals surface area (Å²) in [5.74, 6) is 0.448. The van der Waals surface area contributed by atoms with Gasteiger partial charge in [0.2, 0.25) is 0 Å². The maximum Gasteiger partial charge on any atom is 0.320 e. The number of carbonyl (C=O) groups is 1. The molecule has 2 N–H and O–H groups in total. The van der Waals surface area contributed by atoms with Crippen molar-refractivity contribution in [3.05, 3.63) is 18.6 Å². The van der Waals surface area contributed by atoms with Crippen LogP contribution in [0.25, 0.3) is 0 Å². The van der Waals surface area contributed by atoms with Gasteiger partial charge in [0, 0.05) is 18.9 Å². The minimum absolute atomic E-state index is 0.266. The predicted molar refractivity (Wildman–Crippen MR) is 44.7 cm³/mol. The van der Waals surface area contributed by atoms with Gasteiger partial charge in [0.25, 0.3) is 0 Å². The maximum absolute atomic E-state index is 10.9. The third-order valence-corrected chi connectivity index (χ3v) is 1.14. The number of carbonyl (C=O) groups excluding carboxylic acids is 1. The number of aromatic nitrogens is 2. The van der Waals surface area contributed by atoms with Crippen molar-refractivity contribution in [2.24, 2.45) is 0 Å². The van der Waals surface area contributed by atoms with Crippen molar-refractivity contribution in [1.82, 2.24) is 15.3 Å². The van der Waals surface area contributed by atoms with E-state index < -0.39 is 0 Å². The molecular formula is C7H10N4O. The van der Waals surface area contributed by atoms with Crippen LogP contribution in [0.3, 0.4) is 0 Å². The van der Waals surface area contributed by atoms with Gasteiger partial charge in [0.1, 0.15) is 0 Å². The Morgan fingerprint density at radius 1 is 1.58 bits per heavy atom. The van der Waals surface area contributed by atoms with Crippen LogP contribution in [0.15, 0.2) is 18.6 Å². The molecule has 0 aliphatic rings. The fourth-order valence-electron chi connectivity index (χ4n) is 0.685. The van der Waals surface area contributed by atoms with Gasteiger partial charge in [-0.2, -0.15) is 0 Å². The minimum Gasteiger partial charge on any atom is -0.338 e. The van der Waals surface area contributed by atoms with Gasteiger partial charge in [0.15, 0.2) is 5.82 Å². The summed E-state index contributed by atoms with van der Waals surface area (Å²) in [6.45, 7) is 2.43. The molecule has 0 aliphatic carbocycles. The van der Waals surface area contributed by atoms with E-state index in [2.05, 4.69) is 20.6 Å². The van der Waals surface area contributed by atoms with Crippen LogP contribution >= 0.6 is 0 Å². The number of hydrogen-bond donors (Lipinski definition) is 2. The van der Waals surface area contributed by atoms with Crippen molar-refractivity contribution < 1.29 is 4.79 Å². The Labute approximate surface area is 70.2 Å². The second-order valence-electron chi connectivity index (χ2n) is 2.08. The molecule has 1 aromatic rings. The summed E-state index contributed by atoms with van der Waals surface area (Å²) in [6, 6.07) is -0.266. The third-order valence-electron chi connectivity index (χ3n) is 1.14. The highest BCUT2D eigenvalue weighted by Crippen LogP contribution is 1.95. The molecule has 0 aromatic carbocycles. The van der Waals surface area contributed by atoms with Gasteiger partial charge in [-0.3, -0.25) is 10.3 Å². The van der Waals surface area contributed by atoms with Crippen LogP contribution in [0.1, 0.15) is 6.92 Å². The lowest BCUT2D eigenvalue weighted by Crippen LogP contribution is -2.28. The molecule has 0 spiro atoms. The van der Waals surface area contributed by atoms with Crippen molar-refractivity contribution in [3.63, 3.8) is 0 Å². The zero-order chi connectivity index (χ0) is 8.81. The second kappa shape index (κ2) is 4.27. The van der Waals surface area contributed by atoms with Gasteiger partial charge in [-0.1, -0.05) is 0 Å². The highest BCUT2D eigenvalue weighted by atomic mass is 16.2. The van der Waals surface area contributed by atoms with E-state index in [1.807, 2.05) is 6.92 Å². The van der Waals surface area contributed by atoms with Crippen molar-refractivity contribution >= 4 is 11.8 Å². The monoisotopic (exact) mass is 166 g/mol. The number of urea groups is 1. The summed E-state index contributed by atoms with van der Waals surface area (Å²) in [4.78, 5) is 18.6. The third kappa shape index (κ3) is 2.53. The van der Waals surface area contributed by atoms with Crippen LogP contribution in [0.2, 0.25) is 0 Å². The molecule has 1 heterocycles. The molecule has 5 heteroatoms. The summed E-state index contributed by atoms with van der Waals surface area (Å²) < 4.78 is 0. The zero-order valence-electron chi connectivity index (χ0n) is 6.74. The summed E-state index contributed by atoms with van der Waals surface area (Å²) in [7, 11) is 0. The first-order valence-corrected chi connectivity index (χ1v) is 3.63. The molecular weight excluding hydrogens is 156 g/mol. The molecule has 0 atom stereocenters. The van der Waals surface area contributed by atoms with Crippen molar-refractivity contribution in [2.45, 2.75) is 6.92 Å². The minimum atomic E-state index is -0.266. The lowest BCUT2D eigenvalue weighted by molar-refractivity contribution is 0.252. The Morgan fingerprint density at radius 2 is 2.42 bits per heavy atom. The van der Waals surface area contributed by atoms with E-state index >= 15 is 0 Å². The summed E-state index contributed by atoms with van der Waals surface area (Å²) in [5.41, 5.74) is 0. The van der Waals surface area contributed by atoms with E-state index in [4.69, 9.17) is 0 Å². The van der Waals surface area contributed by atoms with Crippen LogP contribution in [0.5, 0.6) is 0 Å². The second-order valence-corrected chi connectivity index (χ2v) is 2.08. The van der Waals surface area contributed by atoms with Crippen LogP contribution in [0.4, 0.5) is 10.6 Å². The smallest absolute Gasteiger partial charge is 0.320 e. The molecule has 2 amide bonds. The normalized spacial score (nSPS) is 9.08. The Balaban J connectivity index is 2.47. The van der Waals surface area contributed by atoms with Gasteiger partial charge in [-0.05, 0) is 6.92 Å². The van der Waals surface area contributed by atoms with Crippen molar-refractivity contribution in [3.8, 4) is 0 Å². The van der Waals surface area contributed by atoms with Crippen LogP contribution in [-0.2, 0) is 0 Å². The van der Waals surface area contributed by atoms with E-state index in [-0.39, 0.29) is 6.03 Å². The fourth-order valence-corrected chi connectivity index (χ4v) is 0.685. The van der Waals surface area contributed by atoms with Crippen molar-refractivity contribution in [1.29, 1.82) is 0 Å². The molecule has 5 nitrogen and oxygen atoms in total. The van der Waals surface area contributed by atoms with Crippen LogP contribution in [-0.4, -0.2) is 22.5 Å². The SMILES string of the molecule is CCNC(=O)Nc1cnccn1. The van der Waals surface area contributed by atoms with Gasteiger partial charge in [-0.15, -0.1) is 0 Å². The first kappa shape index (κ1) is 8.45. The molecule has 0 saturated heterocycles. The highest BCUT2D eigenvalue weighted by Gasteiger charge is 1.98. The van der Waals surface area contributed by atoms with Crippen molar-refractivity contribution in [2.75, 3.05) is 11.9 Å². The lowest BCUT2D eigenvalue weighted by atomic mass is 10.6. The molecule has 1 rings (SSSR count).